The topological polar surface area (TPSA) is 17.1 Å². The van der Waals surface area contributed by atoms with Crippen LogP contribution in [0.5, 0.6) is 0 Å². The second-order valence-corrected chi connectivity index (χ2v) is 6.67. The number of Topliss-reactive ketones (excluding diaryl/α,β-unsaturated/α-hetero) is 1. The van der Waals surface area contributed by atoms with Gasteiger partial charge >= 0.3 is 0 Å². The molecule has 3 heteroatoms. The first-order chi connectivity index (χ1) is 8.47. The lowest BCUT2D eigenvalue weighted by atomic mass is 10.0. The van der Waals surface area contributed by atoms with E-state index in [4.69, 9.17) is 0 Å². The van der Waals surface area contributed by atoms with E-state index in [0.717, 1.165) is 19.8 Å². The highest BCUT2D eigenvalue weighted by Gasteiger charge is 2.14. The van der Waals surface area contributed by atoms with E-state index in [2.05, 4.69) is 48.0 Å². The van der Waals surface area contributed by atoms with Crippen molar-refractivity contribution in [3.05, 3.63) is 55.2 Å². The fraction of sp³-hybridized carbons (Fsp3) is 0.267. The fourth-order valence-electron chi connectivity index (χ4n) is 1.92. The Morgan fingerprint density at radius 1 is 1.22 bits per heavy atom. The fourth-order valence-corrected chi connectivity index (χ4v) is 3.72. The van der Waals surface area contributed by atoms with Crippen molar-refractivity contribution in [2.75, 3.05) is 0 Å². The number of hydrogen-bond acceptors (Lipinski definition) is 2. The zero-order valence-electron chi connectivity index (χ0n) is 10.7. The van der Waals surface area contributed by atoms with Gasteiger partial charge in [-0.2, -0.15) is 0 Å². The molecule has 1 aromatic heterocycles. The molecule has 0 saturated heterocycles. The van der Waals surface area contributed by atoms with Gasteiger partial charge in [0, 0.05) is 15.8 Å². The molecule has 18 heavy (non-hydrogen) atoms. The second kappa shape index (κ2) is 5.37. The predicted octanol–water partition coefficient (Wildman–Crippen LogP) is 4.86. The lowest BCUT2D eigenvalue weighted by molar-refractivity contribution is 0.0996. The molecule has 0 aliphatic carbocycles. The third-order valence-corrected chi connectivity index (χ3v) is 4.90. The molecule has 1 heterocycles. The number of benzene rings is 1. The van der Waals surface area contributed by atoms with Crippen molar-refractivity contribution >= 4 is 33.0 Å². The van der Waals surface area contributed by atoms with Crippen molar-refractivity contribution in [2.45, 2.75) is 27.2 Å². The molecule has 94 valence electrons. The summed E-state index contributed by atoms with van der Waals surface area (Å²) >= 11 is 5.01. The average molecular weight is 323 g/mol. The van der Waals surface area contributed by atoms with E-state index in [1.807, 2.05) is 13.0 Å². The van der Waals surface area contributed by atoms with Gasteiger partial charge in [-0.05, 0) is 53.9 Å². The van der Waals surface area contributed by atoms with E-state index in [-0.39, 0.29) is 5.78 Å². The molecule has 0 fully saturated rings. The minimum atomic E-state index is 0.189. The van der Waals surface area contributed by atoms with Crippen LogP contribution in [0.2, 0.25) is 0 Å². The molecule has 2 rings (SSSR count). The standard InChI is InChI=1S/C15H15BrOS/c1-9-4-5-10(2)12(6-9)8-14(17)15-13(16)7-11(3)18-15/h4-7H,8H2,1-3H3. The summed E-state index contributed by atoms with van der Waals surface area (Å²) in [4.78, 5) is 14.3. The van der Waals surface area contributed by atoms with Crippen molar-refractivity contribution in [3.63, 3.8) is 0 Å². The Kier molecular flexibility index (Phi) is 4.03. The zero-order valence-corrected chi connectivity index (χ0v) is 13.1. The maximum atomic E-state index is 12.3. The van der Waals surface area contributed by atoms with Crippen LogP contribution in [0.4, 0.5) is 0 Å². The number of hydrogen-bond donors (Lipinski definition) is 0. The molecule has 0 unspecified atom stereocenters. The average Bonchev–Trinajstić information content (AvgIpc) is 2.63. The van der Waals surface area contributed by atoms with Crippen molar-refractivity contribution in [1.82, 2.24) is 0 Å². The van der Waals surface area contributed by atoms with Crippen LogP contribution < -0.4 is 0 Å². The Bertz CT molecular complexity index is 599. The zero-order chi connectivity index (χ0) is 13.3. The van der Waals surface area contributed by atoms with E-state index in [0.29, 0.717) is 6.42 Å². The minimum absolute atomic E-state index is 0.189. The van der Waals surface area contributed by atoms with Gasteiger partial charge in [-0.1, -0.05) is 23.8 Å². The summed E-state index contributed by atoms with van der Waals surface area (Å²) in [5.41, 5.74) is 3.50. The number of thiophene rings is 1. The van der Waals surface area contributed by atoms with Gasteiger partial charge in [0.1, 0.15) is 0 Å². The SMILES string of the molecule is Cc1ccc(C)c(CC(=O)c2sc(C)cc2Br)c1. The van der Waals surface area contributed by atoms with Crippen molar-refractivity contribution in [1.29, 1.82) is 0 Å². The molecule has 0 bridgehead atoms. The van der Waals surface area contributed by atoms with Gasteiger partial charge < -0.3 is 0 Å². The van der Waals surface area contributed by atoms with E-state index in [1.165, 1.54) is 11.1 Å². The molecule has 2 aromatic rings. The Labute approximate surface area is 120 Å². The largest absolute Gasteiger partial charge is 0.293 e. The van der Waals surface area contributed by atoms with Crippen LogP contribution in [-0.4, -0.2) is 5.78 Å². The Morgan fingerprint density at radius 3 is 2.56 bits per heavy atom. The van der Waals surface area contributed by atoms with Gasteiger partial charge in [0.2, 0.25) is 0 Å². The van der Waals surface area contributed by atoms with Gasteiger partial charge in [0.05, 0.1) is 4.88 Å². The van der Waals surface area contributed by atoms with Gasteiger partial charge in [-0.15, -0.1) is 11.3 Å². The maximum Gasteiger partial charge on any atom is 0.178 e. The van der Waals surface area contributed by atoms with Crippen molar-refractivity contribution < 1.29 is 4.79 Å². The molecular weight excluding hydrogens is 308 g/mol. The monoisotopic (exact) mass is 322 g/mol. The highest BCUT2D eigenvalue weighted by atomic mass is 79.9. The summed E-state index contributed by atoms with van der Waals surface area (Å²) in [7, 11) is 0. The summed E-state index contributed by atoms with van der Waals surface area (Å²) in [6, 6.07) is 8.25. The van der Waals surface area contributed by atoms with Crippen LogP contribution in [0, 0.1) is 20.8 Å². The summed E-state index contributed by atoms with van der Waals surface area (Å²) in [5, 5.41) is 0. The Hall–Kier alpha value is -0.930. The summed E-state index contributed by atoms with van der Waals surface area (Å²) in [6.45, 7) is 6.12. The predicted molar refractivity (Wildman–Crippen MR) is 80.7 cm³/mol. The second-order valence-electron chi connectivity index (χ2n) is 4.56. The van der Waals surface area contributed by atoms with Crippen molar-refractivity contribution in [3.8, 4) is 0 Å². The third kappa shape index (κ3) is 2.90. The molecule has 0 saturated carbocycles. The molecule has 0 radical (unpaired) electrons. The molecule has 1 nitrogen and oxygen atoms in total. The van der Waals surface area contributed by atoms with Crippen molar-refractivity contribution in [2.24, 2.45) is 0 Å². The number of aryl methyl sites for hydroxylation is 3. The smallest absolute Gasteiger partial charge is 0.178 e. The van der Waals surface area contributed by atoms with Gasteiger partial charge in [0.15, 0.2) is 5.78 Å². The summed E-state index contributed by atoms with van der Waals surface area (Å²) in [6.07, 6.45) is 0.478. The lowest BCUT2D eigenvalue weighted by Gasteiger charge is -2.06. The Morgan fingerprint density at radius 2 is 1.94 bits per heavy atom. The number of carbonyl (C=O) groups excluding carboxylic acids is 1. The first-order valence-corrected chi connectivity index (χ1v) is 7.43. The number of halogens is 1. The van der Waals surface area contributed by atoms with Gasteiger partial charge in [-0.25, -0.2) is 0 Å². The van der Waals surface area contributed by atoms with Gasteiger partial charge in [0.25, 0.3) is 0 Å². The molecule has 0 atom stereocenters. The van der Waals surface area contributed by atoms with E-state index >= 15 is 0 Å². The molecule has 0 N–H and O–H groups in total. The third-order valence-electron chi connectivity index (χ3n) is 2.92. The normalized spacial score (nSPS) is 10.7. The highest BCUT2D eigenvalue weighted by Crippen LogP contribution is 2.28. The molecule has 0 spiro atoms. The van der Waals surface area contributed by atoms with Crippen LogP contribution in [0.15, 0.2) is 28.7 Å². The number of ketones is 1. The Balaban J connectivity index is 2.26. The maximum absolute atomic E-state index is 12.3. The number of carbonyl (C=O) groups is 1. The molecule has 0 aliphatic heterocycles. The van der Waals surface area contributed by atoms with Crippen LogP contribution in [-0.2, 0) is 6.42 Å². The molecule has 0 amide bonds. The lowest BCUT2D eigenvalue weighted by Crippen LogP contribution is -2.03. The quantitative estimate of drug-likeness (QED) is 0.737. The molecule has 0 aliphatic rings. The van der Waals surface area contributed by atoms with Gasteiger partial charge in [-0.3, -0.25) is 4.79 Å². The first kappa shape index (κ1) is 13.5. The van der Waals surface area contributed by atoms with Crippen LogP contribution in [0.3, 0.4) is 0 Å². The van der Waals surface area contributed by atoms with E-state index < -0.39 is 0 Å². The van der Waals surface area contributed by atoms with E-state index in [1.54, 1.807) is 11.3 Å². The van der Waals surface area contributed by atoms with Crippen LogP contribution >= 0.6 is 27.3 Å². The van der Waals surface area contributed by atoms with Crippen LogP contribution in [0.25, 0.3) is 0 Å². The summed E-state index contributed by atoms with van der Waals surface area (Å²) in [5.74, 6) is 0.189. The first-order valence-electron chi connectivity index (χ1n) is 5.82. The number of rotatable bonds is 3. The highest BCUT2D eigenvalue weighted by molar-refractivity contribution is 9.10. The van der Waals surface area contributed by atoms with E-state index in [9.17, 15) is 4.79 Å². The minimum Gasteiger partial charge on any atom is -0.293 e. The van der Waals surface area contributed by atoms with Crippen LogP contribution in [0.1, 0.15) is 31.2 Å². The molecular formula is C15H15BrOS. The summed E-state index contributed by atoms with van der Waals surface area (Å²) < 4.78 is 0.917. The molecule has 1 aromatic carbocycles.